The first-order valence-electron chi connectivity index (χ1n) is 9.50. The predicted octanol–water partition coefficient (Wildman–Crippen LogP) is 5.02. The summed E-state index contributed by atoms with van der Waals surface area (Å²) in [5.74, 6) is 7.92. The van der Waals surface area contributed by atoms with Gasteiger partial charge in [0.25, 0.3) is 0 Å². The highest BCUT2D eigenvalue weighted by Gasteiger charge is 2.58. The minimum atomic E-state index is -0.219. The Hall–Kier alpha value is -1.77. The molecule has 0 aromatic carbocycles. The van der Waals surface area contributed by atoms with Crippen LogP contribution in [0.5, 0.6) is 0 Å². The zero-order valence-electron chi connectivity index (χ0n) is 15.7. The van der Waals surface area contributed by atoms with Crippen molar-refractivity contribution >= 4 is 28.3 Å². The number of fused-ring (bicyclic) bond motifs is 1. The van der Waals surface area contributed by atoms with E-state index in [1.165, 1.54) is 29.7 Å². The molecule has 138 valence electrons. The third-order valence-electron chi connectivity index (χ3n) is 6.15. The van der Waals surface area contributed by atoms with Gasteiger partial charge in [-0.2, -0.15) is 0 Å². The van der Waals surface area contributed by atoms with Gasteiger partial charge in [-0.3, -0.25) is 9.98 Å². The monoisotopic (exact) mass is 393 g/mol. The Morgan fingerprint density at radius 3 is 2.78 bits per heavy atom. The molecule has 5 heteroatoms. The Balaban J connectivity index is 1.47. The molecule has 3 atom stereocenters. The van der Waals surface area contributed by atoms with Crippen LogP contribution in [-0.4, -0.2) is 14.9 Å². The minimum absolute atomic E-state index is 0.219. The van der Waals surface area contributed by atoms with Gasteiger partial charge < -0.3 is 5.73 Å². The van der Waals surface area contributed by atoms with Crippen LogP contribution in [0.1, 0.15) is 50.0 Å². The second-order valence-corrected chi connectivity index (χ2v) is 10.8. The summed E-state index contributed by atoms with van der Waals surface area (Å²) in [6, 6.07) is 4.39. The number of thioether (sulfide) groups is 1. The van der Waals surface area contributed by atoms with Crippen molar-refractivity contribution in [1.29, 1.82) is 0 Å². The molecular weight excluding hydrogens is 370 g/mol. The lowest BCUT2D eigenvalue weighted by Gasteiger charge is -2.41. The molecule has 3 nitrogen and oxygen atoms in total. The number of aromatic nitrogens is 1. The van der Waals surface area contributed by atoms with E-state index in [2.05, 4.69) is 41.3 Å². The molecule has 0 amide bonds. The van der Waals surface area contributed by atoms with Crippen molar-refractivity contribution in [2.45, 2.75) is 49.8 Å². The second kappa shape index (κ2) is 6.12. The topological polar surface area (TPSA) is 51.3 Å². The normalized spacial score (nSPS) is 33.9. The molecular formula is C22H23N3S2. The van der Waals surface area contributed by atoms with Crippen LogP contribution in [0.2, 0.25) is 0 Å². The first-order valence-corrected chi connectivity index (χ1v) is 11.2. The van der Waals surface area contributed by atoms with Crippen LogP contribution >= 0.6 is 23.1 Å². The molecule has 0 bridgehead atoms. The van der Waals surface area contributed by atoms with Gasteiger partial charge in [-0.25, -0.2) is 0 Å². The highest BCUT2D eigenvalue weighted by Crippen LogP contribution is 2.64. The molecule has 3 aliphatic rings. The van der Waals surface area contributed by atoms with Crippen molar-refractivity contribution in [1.82, 2.24) is 4.98 Å². The molecule has 5 rings (SSSR count). The van der Waals surface area contributed by atoms with E-state index >= 15 is 0 Å². The molecule has 2 aromatic heterocycles. The van der Waals surface area contributed by atoms with E-state index in [0.717, 1.165) is 34.6 Å². The van der Waals surface area contributed by atoms with Gasteiger partial charge in [0.1, 0.15) is 0 Å². The number of aliphatic imine (C=N–C) groups is 1. The summed E-state index contributed by atoms with van der Waals surface area (Å²) in [5, 5.41) is 2.98. The molecule has 1 aliphatic heterocycles. The van der Waals surface area contributed by atoms with Crippen molar-refractivity contribution in [2.75, 3.05) is 0 Å². The van der Waals surface area contributed by atoms with E-state index in [0.29, 0.717) is 4.75 Å². The van der Waals surface area contributed by atoms with Crippen LogP contribution in [0.4, 0.5) is 0 Å². The van der Waals surface area contributed by atoms with Gasteiger partial charge in [0.05, 0.1) is 5.54 Å². The number of hydrogen-bond acceptors (Lipinski definition) is 5. The maximum absolute atomic E-state index is 6.33. The Kier molecular flexibility index (Phi) is 3.93. The number of thiophene rings is 1. The van der Waals surface area contributed by atoms with E-state index in [1.807, 2.05) is 31.1 Å². The fourth-order valence-electron chi connectivity index (χ4n) is 4.99. The lowest BCUT2D eigenvalue weighted by Crippen LogP contribution is -2.40. The molecule has 3 heterocycles. The van der Waals surface area contributed by atoms with Gasteiger partial charge in [0.2, 0.25) is 0 Å². The maximum Gasteiger partial charge on any atom is 0.155 e. The molecule has 2 N–H and O–H groups in total. The smallest absolute Gasteiger partial charge is 0.155 e. The fourth-order valence-corrected chi connectivity index (χ4v) is 7.65. The number of rotatable bonds is 2. The van der Waals surface area contributed by atoms with Gasteiger partial charge >= 0.3 is 0 Å². The van der Waals surface area contributed by atoms with E-state index in [9.17, 15) is 0 Å². The average Bonchev–Trinajstić information content (AvgIpc) is 3.04. The standard InChI is InChI=1S/C22H23N3S2/c1-3-4-14-5-17(11-24-10-14)18-7-19(26-12-18)21(2)13-22(27-20(23)25-21)8-15-6-16(15)9-22/h5,7,10-12,15-16H,6,8-9,13H2,1-2H3,(H2,23,25). The van der Waals surface area contributed by atoms with Crippen LogP contribution in [0.25, 0.3) is 11.1 Å². The molecule has 2 saturated carbocycles. The van der Waals surface area contributed by atoms with Crippen molar-refractivity contribution < 1.29 is 0 Å². The Morgan fingerprint density at radius 2 is 2.00 bits per heavy atom. The van der Waals surface area contributed by atoms with Crippen molar-refractivity contribution in [3.05, 3.63) is 40.3 Å². The zero-order chi connectivity index (χ0) is 18.6. The highest BCUT2D eigenvalue weighted by molar-refractivity contribution is 8.15. The first-order chi connectivity index (χ1) is 13.0. The Morgan fingerprint density at radius 1 is 1.19 bits per heavy atom. The molecule has 3 unspecified atom stereocenters. The minimum Gasteiger partial charge on any atom is -0.378 e. The van der Waals surface area contributed by atoms with Crippen LogP contribution < -0.4 is 5.73 Å². The van der Waals surface area contributed by atoms with E-state index in [4.69, 9.17) is 10.7 Å². The van der Waals surface area contributed by atoms with Crippen molar-refractivity contribution in [3.8, 4) is 23.0 Å². The largest absolute Gasteiger partial charge is 0.378 e. The van der Waals surface area contributed by atoms with E-state index in [-0.39, 0.29) is 5.54 Å². The quantitative estimate of drug-likeness (QED) is 0.729. The summed E-state index contributed by atoms with van der Waals surface area (Å²) in [6.45, 7) is 4.11. The van der Waals surface area contributed by atoms with E-state index < -0.39 is 0 Å². The van der Waals surface area contributed by atoms with Gasteiger partial charge in [0.15, 0.2) is 5.17 Å². The van der Waals surface area contributed by atoms with Gasteiger partial charge in [0, 0.05) is 33.1 Å². The summed E-state index contributed by atoms with van der Waals surface area (Å²) in [7, 11) is 0. The fraction of sp³-hybridized carbons (Fsp3) is 0.455. The summed E-state index contributed by atoms with van der Waals surface area (Å²) in [6.07, 6.45) is 8.88. The highest BCUT2D eigenvalue weighted by atomic mass is 32.2. The number of hydrogen-bond donors (Lipinski definition) is 1. The van der Waals surface area contributed by atoms with Gasteiger partial charge in [-0.1, -0.05) is 17.7 Å². The van der Waals surface area contributed by atoms with E-state index in [1.54, 1.807) is 11.3 Å². The third kappa shape index (κ3) is 3.09. The molecule has 0 radical (unpaired) electrons. The number of amidine groups is 1. The zero-order valence-corrected chi connectivity index (χ0v) is 17.3. The van der Waals surface area contributed by atoms with Crippen LogP contribution in [0.3, 0.4) is 0 Å². The van der Waals surface area contributed by atoms with Crippen molar-refractivity contribution in [2.24, 2.45) is 22.6 Å². The Labute approximate surface area is 168 Å². The molecule has 0 saturated heterocycles. The summed E-state index contributed by atoms with van der Waals surface area (Å²) >= 11 is 3.63. The molecule has 1 spiro atoms. The summed E-state index contributed by atoms with van der Waals surface area (Å²) in [4.78, 5) is 10.6. The SMILES string of the molecule is CC#Cc1cncc(-c2csc(C3(C)CC4(CC5CC5C4)SC(N)=N3)c2)c1. The molecule has 2 aliphatic carbocycles. The summed E-state index contributed by atoms with van der Waals surface area (Å²) in [5.41, 5.74) is 9.36. The third-order valence-corrected chi connectivity index (χ3v) is 8.55. The molecule has 2 fully saturated rings. The van der Waals surface area contributed by atoms with Crippen LogP contribution in [-0.2, 0) is 5.54 Å². The number of nitrogens with two attached hydrogens (primary N) is 1. The second-order valence-electron chi connectivity index (χ2n) is 8.39. The lowest BCUT2D eigenvalue weighted by molar-refractivity contribution is 0.363. The number of pyridine rings is 1. The van der Waals surface area contributed by atoms with Gasteiger partial charge in [-0.15, -0.1) is 17.3 Å². The first kappa shape index (κ1) is 17.3. The molecule has 27 heavy (non-hydrogen) atoms. The lowest BCUT2D eigenvalue weighted by atomic mass is 9.84. The Bertz CT molecular complexity index is 986. The van der Waals surface area contributed by atoms with Crippen molar-refractivity contribution in [3.63, 3.8) is 0 Å². The summed E-state index contributed by atoms with van der Waals surface area (Å²) < 4.78 is 0.302. The molecule has 2 aromatic rings. The predicted molar refractivity (Wildman–Crippen MR) is 115 cm³/mol. The van der Waals surface area contributed by atoms with Gasteiger partial charge in [-0.05, 0) is 74.4 Å². The number of nitrogens with zero attached hydrogens (tertiary/aromatic N) is 2. The van der Waals surface area contributed by atoms with Crippen LogP contribution in [0, 0.1) is 23.7 Å². The maximum atomic E-state index is 6.33. The van der Waals surface area contributed by atoms with Crippen LogP contribution in [0.15, 0.2) is 34.9 Å². The average molecular weight is 394 g/mol.